The summed E-state index contributed by atoms with van der Waals surface area (Å²) in [6.45, 7) is 8.62. The molecule has 1 N–H and O–H groups in total. The Morgan fingerprint density at radius 3 is 2.04 bits per heavy atom. The molecule has 0 aromatic heterocycles. The molecule has 3 heteroatoms. The lowest BCUT2D eigenvalue weighted by Gasteiger charge is -2.20. The van der Waals surface area contributed by atoms with Gasteiger partial charge in [-0.05, 0) is 60.4 Å². The number of carboxylic acid groups (broad SMARTS) is 1. The van der Waals surface area contributed by atoms with Gasteiger partial charge in [-0.25, -0.2) is 4.79 Å². The Morgan fingerprint density at radius 1 is 0.913 bits per heavy atom. The van der Waals surface area contributed by atoms with Crippen LogP contribution in [0.1, 0.15) is 82.1 Å². The van der Waals surface area contributed by atoms with Crippen molar-refractivity contribution in [2.75, 3.05) is 0 Å². The average molecular weight is 320 g/mol. The van der Waals surface area contributed by atoms with E-state index in [1.165, 1.54) is 42.4 Å². The Labute approximate surface area is 141 Å². The first-order chi connectivity index (χ1) is 11.1. The van der Waals surface area contributed by atoms with Gasteiger partial charge in [0.15, 0.2) is 0 Å². The van der Waals surface area contributed by atoms with Crippen molar-refractivity contribution >= 4 is 6.16 Å². The summed E-state index contributed by atoms with van der Waals surface area (Å²) < 4.78 is 5.08. The van der Waals surface area contributed by atoms with Crippen molar-refractivity contribution < 1.29 is 14.6 Å². The highest BCUT2D eigenvalue weighted by atomic mass is 16.7. The zero-order chi connectivity index (χ0) is 17.2. The molecule has 0 unspecified atom stereocenters. The lowest BCUT2D eigenvalue weighted by Crippen LogP contribution is -2.10. The molecule has 0 fully saturated rings. The normalized spacial score (nSPS) is 10.8. The minimum Gasteiger partial charge on any atom is -0.449 e. The van der Waals surface area contributed by atoms with Gasteiger partial charge in [0.1, 0.15) is 5.75 Å². The molecule has 130 valence electrons. The van der Waals surface area contributed by atoms with E-state index in [1.54, 1.807) is 0 Å². The van der Waals surface area contributed by atoms with Crippen LogP contribution in [0.2, 0.25) is 0 Å². The van der Waals surface area contributed by atoms with Gasteiger partial charge in [-0.15, -0.1) is 0 Å². The molecule has 0 aliphatic heterocycles. The molecular weight excluding hydrogens is 288 g/mol. The van der Waals surface area contributed by atoms with Gasteiger partial charge < -0.3 is 9.84 Å². The summed E-state index contributed by atoms with van der Waals surface area (Å²) in [4.78, 5) is 11.0. The average Bonchev–Trinajstić information content (AvgIpc) is 2.53. The lowest BCUT2D eigenvalue weighted by molar-refractivity contribution is 0.144. The van der Waals surface area contributed by atoms with Gasteiger partial charge in [-0.2, -0.15) is 0 Å². The van der Waals surface area contributed by atoms with Crippen LogP contribution in [0.5, 0.6) is 5.75 Å². The molecule has 1 aromatic rings. The quantitative estimate of drug-likeness (QED) is 0.329. The summed E-state index contributed by atoms with van der Waals surface area (Å²) in [7, 11) is 0. The summed E-state index contributed by atoms with van der Waals surface area (Å²) >= 11 is 0. The van der Waals surface area contributed by atoms with Crippen molar-refractivity contribution in [1.82, 2.24) is 0 Å². The number of aryl methyl sites for hydroxylation is 1. The number of ether oxygens (including phenoxy) is 1. The Bertz CT molecular complexity index is 506. The van der Waals surface area contributed by atoms with Crippen LogP contribution in [0.25, 0.3) is 0 Å². The molecule has 0 aliphatic rings. The molecule has 1 rings (SSSR count). The van der Waals surface area contributed by atoms with Gasteiger partial charge in [0.05, 0.1) is 0 Å². The van der Waals surface area contributed by atoms with Gasteiger partial charge in [0, 0.05) is 0 Å². The van der Waals surface area contributed by atoms with Crippen LogP contribution in [0, 0.1) is 0 Å². The summed E-state index contributed by atoms with van der Waals surface area (Å²) in [5.74, 6) is 0.539. The third kappa shape index (κ3) is 5.56. The van der Waals surface area contributed by atoms with Crippen LogP contribution >= 0.6 is 0 Å². The molecule has 0 spiro atoms. The third-order valence-electron chi connectivity index (χ3n) is 4.53. The third-order valence-corrected chi connectivity index (χ3v) is 4.53. The van der Waals surface area contributed by atoms with Crippen molar-refractivity contribution in [1.29, 1.82) is 0 Å². The molecule has 0 saturated carbocycles. The van der Waals surface area contributed by atoms with Crippen molar-refractivity contribution in [3.63, 3.8) is 0 Å². The van der Waals surface area contributed by atoms with Crippen LogP contribution in [0.15, 0.2) is 6.07 Å². The van der Waals surface area contributed by atoms with E-state index in [2.05, 4.69) is 27.7 Å². The molecule has 0 radical (unpaired) electrons. The Morgan fingerprint density at radius 2 is 1.52 bits per heavy atom. The first-order valence-corrected chi connectivity index (χ1v) is 9.16. The Hall–Kier alpha value is -1.51. The highest BCUT2D eigenvalue weighted by molar-refractivity contribution is 5.63. The van der Waals surface area contributed by atoms with E-state index < -0.39 is 6.16 Å². The van der Waals surface area contributed by atoms with Crippen molar-refractivity contribution in [2.24, 2.45) is 0 Å². The molecule has 1 aromatic carbocycles. The second-order valence-corrected chi connectivity index (χ2v) is 6.06. The smallest absolute Gasteiger partial charge is 0.449 e. The standard InChI is InChI=1S/C20H32O3/c1-5-9-10-11-12-13-15-14-19(23-20(21)22)18(8-4)17(7-3)16(15)6-2/h14H,5-13H2,1-4H3,(H,21,22). The molecule has 0 saturated heterocycles. The summed E-state index contributed by atoms with van der Waals surface area (Å²) in [6.07, 6.45) is 8.74. The topological polar surface area (TPSA) is 46.5 Å². The van der Waals surface area contributed by atoms with Crippen molar-refractivity contribution in [3.8, 4) is 5.75 Å². The van der Waals surface area contributed by atoms with Crippen molar-refractivity contribution in [2.45, 2.75) is 85.5 Å². The highest BCUT2D eigenvalue weighted by Crippen LogP contribution is 2.32. The van der Waals surface area contributed by atoms with Gasteiger partial charge >= 0.3 is 6.16 Å². The minimum atomic E-state index is -1.22. The Kier molecular flexibility index (Phi) is 8.75. The zero-order valence-corrected chi connectivity index (χ0v) is 15.2. The number of carbonyl (C=O) groups is 1. The molecule has 0 bridgehead atoms. The van der Waals surface area contributed by atoms with Gasteiger partial charge in [0.2, 0.25) is 0 Å². The van der Waals surface area contributed by atoms with E-state index in [9.17, 15) is 4.79 Å². The maximum atomic E-state index is 11.0. The maximum absolute atomic E-state index is 11.0. The zero-order valence-electron chi connectivity index (χ0n) is 15.2. The molecular formula is C20H32O3. The van der Waals surface area contributed by atoms with E-state index >= 15 is 0 Å². The largest absolute Gasteiger partial charge is 0.511 e. The van der Waals surface area contributed by atoms with E-state index in [0.717, 1.165) is 37.7 Å². The number of benzene rings is 1. The second kappa shape index (κ2) is 10.3. The molecule has 3 nitrogen and oxygen atoms in total. The van der Waals surface area contributed by atoms with Gasteiger partial charge in [-0.3, -0.25) is 0 Å². The van der Waals surface area contributed by atoms with E-state index in [4.69, 9.17) is 9.84 Å². The number of hydrogen-bond acceptors (Lipinski definition) is 2. The monoisotopic (exact) mass is 320 g/mol. The van der Waals surface area contributed by atoms with Crippen LogP contribution in [-0.4, -0.2) is 11.3 Å². The van der Waals surface area contributed by atoms with E-state index in [1.807, 2.05) is 6.07 Å². The summed E-state index contributed by atoms with van der Waals surface area (Å²) in [5, 5.41) is 9.02. The molecule has 0 amide bonds. The fraction of sp³-hybridized carbons (Fsp3) is 0.650. The van der Waals surface area contributed by atoms with Gasteiger partial charge in [-0.1, -0.05) is 53.4 Å². The van der Waals surface area contributed by atoms with Crippen LogP contribution < -0.4 is 4.74 Å². The minimum absolute atomic E-state index is 0.539. The second-order valence-electron chi connectivity index (χ2n) is 6.06. The van der Waals surface area contributed by atoms with Crippen LogP contribution in [0.4, 0.5) is 4.79 Å². The molecule has 0 heterocycles. The lowest BCUT2D eigenvalue weighted by atomic mass is 9.88. The van der Waals surface area contributed by atoms with Crippen molar-refractivity contribution in [3.05, 3.63) is 28.3 Å². The fourth-order valence-corrected chi connectivity index (χ4v) is 3.44. The number of rotatable bonds is 10. The highest BCUT2D eigenvalue weighted by Gasteiger charge is 2.17. The van der Waals surface area contributed by atoms with Crippen LogP contribution in [0.3, 0.4) is 0 Å². The summed E-state index contributed by atoms with van der Waals surface area (Å²) in [5.41, 5.74) is 5.02. The summed E-state index contributed by atoms with van der Waals surface area (Å²) in [6, 6.07) is 1.98. The van der Waals surface area contributed by atoms with Crippen LogP contribution in [-0.2, 0) is 25.7 Å². The first-order valence-electron chi connectivity index (χ1n) is 9.16. The predicted octanol–water partition coefficient (Wildman–Crippen LogP) is 5.94. The molecule has 23 heavy (non-hydrogen) atoms. The molecule has 0 aliphatic carbocycles. The van der Waals surface area contributed by atoms with E-state index in [0.29, 0.717) is 5.75 Å². The number of unbranched alkanes of at least 4 members (excludes halogenated alkanes) is 4. The predicted molar refractivity (Wildman–Crippen MR) is 95.7 cm³/mol. The van der Waals surface area contributed by atoms with Gasteiger partial charge in [0.25, 0.3) is 0 Å². The SMILES string of the molecule is CCCCCCCc1cc(OC(=O)O)c(CC)c(CC)c1CC. The Balaban J connectivity index is 3.08. The first kappa shape index (κ1) is 19.5. The van der Waals surface area contributed by atoms with E-state index in [-0.39, 0.29) is 0 Å². The fourth-order valence-electron chi connectivity index (χ4n) is 3.44. The molecule has 0 atom stereocenters. The maximum Gasteiger partial charge on any atom is 0.511 e. The number of hydrogen-bond donors (Lipinski definition) is 1.